The van der Waals surface area contributed by atoms with Crippen molar-refractivity contribution in [2.24, 2.45) is 0 Å². The molecule has 0 aliphatic heterocycles. The Morgan fingerprint density at radius 3 is 1.74 bits per heavy atom. The molecule has 4 heteroatoms. The summed E-state index contributed by atoms with van der Waals surface area (Å²) in [5.41, 5.74) is 5.12. The number of aliphatic hydroxyl groups is 1. The van der Waals surface area contributed by atoms with Crippen molar-refractivity contribution in [2.45, 2.75) is 38.9 Å². The maximum Gasteiger partial charge on any atom is 0.309 e. The second-order valence-corrected chi connectivity index (χ2v) is 10.8. The third-order valence-corrected chi connectivity index (χ3v) is 7.49. The van der Waals surface area contributed by atoms with E-state index in [2.05, 4.69) is 120 Å². The van der Waals surface area contributed by atoms with Crippen molar-refractivity contribution in [1.29, 1.82) is 0 Å². The highest BCUT2D eigenvalue weighted by molar-refractivity contribution is 6.47. The number of anilines is 3. The molecule has 5 aromatic rings. The third kappa shape index (κ3) is 5.52. The van der Waals surface area contributed by atoms with Gasteiger partial charge in [0.2, 0.25) is 0 Å². The fourth-order valence-corrected chi connectivity index (χ4v) is 4.38. The van der Waals surface area contributed by atoms with Gasteiger partial charge in [-0.2, -0.15) is 0 Å². The maximum atomic E-state index is 10.4. The molecule has 190 valence electrons. The summed E-state index contributed by atoms with van der Waals surface area (Å²) in [4.78, 5) is 2.26. The Morgan fingerprint density at radius 1 is 0.579 bits per heavy atom. The molecule has 0 aromatic heterocycles. The van der Waals surface area contributed by atoms with Crippen LogP contribution in [0.2, 0.25) is 0 Å². The van der Waals surface area contributed by atoms with Gasteiger partial charge in [-0.25, -0.2) is 0 Å². The monoisotopic (exact) mass is 499 g/mol. The molecular weight excluding hydrogens is 465 g/mol. The van der Waals surface area contributed by atoms with Crippen LogP contribution in [0, 0.1) is 0 Å². The summed E-state index contributed by atoms with van der Waals surface area (Å²) >= 11 is 0. The van der Waals surface area contributed by atoms with Crippen molar-refractivity contribution in [3.8, 4) is 11.1 Å². The predicted molar refractivity (Wildman–Crippen MR) is 162 cm³/mol. The largest absolute Gasteiger partial charge is 0.427 e. The van der Waals surface area contributed by atoms with Gasteiger partial charge in [-0.3, -0.25) is 0 Å². The lowest BCUT2D eigenvalue weighted by Gasteiger charge is -2.37. The van der Waals surface area contributed by atoms with Crippen molar-refractivity contribution in [3.63, 3.8) is 0 Å². The lowest BCUT2D eigenvalue weighted by molar-refractivity contribution is -0.0893. The Bertz CT molecular complexity index is 1510. The van der Waals surface area contributed by atoms with Gasteiger partial charge in [0.15, 0.2) is 0 Å². The van der Waals surface area contributed by atoms with Gasteiger partial charge in [0, 0.05) is 17.1 Å². The molecule has 0 unspecified atom stereocenters. The fraction of sp³-hybridized carbons (Fsp3) is 0.176. The molecule has 0 bridgehead atoms. The molecule has 0 heterocycles. The fourth-order valence-electron chi connectivity index (χ4n) is 4.38. The molecule has 0 saturated carbocycles. The van der Waals surface area contributed by atoms with E-state index in [4.69, 9.17) is 4.65 Å². The minimum atomic E-state index is -0.934. The first-order chi connectivity index (χ1) is 18.2. The molecule has 38 heavy (non-hydrogen) atoms. The second-order valence-electron chi connectivity index (χ2n) is 10.8. The number of para-hydroxylation sites is 1. The summed E-state index contributed by atoms with van der Waals surface area (Å²) < 4.78 is 6.07. The molecule has 0 spiro atoms. The average Bonchev–Trinajstić information content (AvgIpc) is 2.93. The van der Waals surface area contributed by atoms with E-state index in [-0.39, 0.29) is 0 Å². The van der Waals surface area contributed by atoms with Gasteiger partial charge in [0.05, 0.1) is 11.2 Å². The minimum absolute atomic E-state index is 0.434. The third-order valence-electron chi connectivity index (χ3n) is 7.49. The molecule has 0 atom stereocenters. The molecule has 3 nitrogen and oxygen atoms in total. The van der Waals surface area contributed by atoms with Crippen LogP contribution in [0.5, 0.6) is 0 Å². The van der Waals surface area contributed by atoms with Crippen LogP contribution in [0.25, 0.3) is 21.9 Å². The molecule has 0 amide bonds. The van der Waals surface area contributed by atoms with Crippen LogP contribution in [0.15, 0.2) is 121 Å². The van der Waals surface area contributed by atoms with E-state index in [0.717, 1.165) is 22.5 Å². The zero-order valence-corrected chi connectivity index (χ0v) is 22.6. The predicted octanol–water partition coefficient (Wildman–Crippen LogP) is 7.52. The first-order valence-corrected chi connectivity index (χ1v) is 13.1. The van der Waals surface area contributed by atoms with E-state index in [9.17, 15) is 5.11 Å². The lowest BCUT2D eigenvalue weighted by Crippen LogP contribution is -2.49. The van der Waals surface area contributed by atoms with Gasteiger partial charge in [-0.15, -0.1) is 0 Å². The Hall–Kier alpha value is -3.86. The number of nitrogens with zero attached hydrogens (tertiary/aromatic N) is 1. The van der Waals surface area contributed by atoms with Crippen LogP contribution in [-0.2, 0) is 4.65 Å². The van der Waals surface area contributed by atoms with Gasteiger partial charge in [-0.1, -0.05) is 84.3 Å². The average molecular weight is 499 g/mol. The highest BCUT2D eigenvalue weighted by Crippen LogP contribution is 2.35. The topological polar surface area (TPSA) is 32.7 Å². The standard InChI is InChI=1S/C34H34BNO2/c1-33(2,37)34(3,4)38-35-29-18-22-32(23-19-29)36(30-12-6-5-7-13-30)31-20-16-26(17-21-31)28-15-14-25-10-8-9-11-27(25)24-28/h5-24,35,37H,1-4H3. The molecule has 0 aliphatic rings. The van der Waals surface area contributed by atoms with Crippen molar-refractivity contribution >= 4 is 40.8 Å². The smallest absolute Gasteiger partial charge is 0.309 e. The quantitative estimate of drug-likeness (QED) is 0.224. The summed E-state index contributed by atoms with van der Waals surface area (Å²) in [5, 5.41) is 12.9. The highest BCUT2D eigenvalue weighted by Gasteiger charge is 2.35. The van der Waals surface area contributed by atoms with E-state index in [1.807, 2.05) is 19.9 Å². The first-order valence-electron chi connectivity index (χ1n) is 13.1. The van der Waals surface area contributed by atoms with E-state index in [1.54, 1.807) is 13.8 Å². The number of hydrogen-bond acceptors (Lipinski definition) is 3. The Balaban J connectivity index is 1.42. The van der Waals surface area contributed by atoms with Crippen LogP contribution < -0.4 is 10.4 Å². The molecule has 5 rings (SSSR count). The van der Waals surface area contributed by atoms with E-state index in [0.29, 0.717) is 7.48 Å². The van der Waals surface area contributed by atoms with Crippen LogP contribution in [0.4, 0.5) is 17.1 Å². The van der Waals surface area contributed by atoms with E-state index < -0.39 is 11.2 Å². The summed E-state index contributed by atoms with van der Waals surface area (Å²) in [5.74, 6) is 0. The maximum absolute atomic E-state index is 10.4. The molecular formula is C34H34BNO2. The summed E-state index contributed by atoms with van der Waals surface area (Å²) in [6, 6.07) is 42.7. The number of hydrogen-bond donors (Lipinski definition) is 1. The molecule has 1 N–H and O–H groups in total. The van der Waals surface area contributed by atoms with Gasteiger partial charge in [-0.05, 0) is 92.1 Å². The van der Waals surface area contributed by atoms with Crippen LogP contribution in [0.3, 0.4) is 0 Å². The van der Waals surface area contributed by atoms with Crippen LogP contribution in [-0.4, -0.2) is 23.8 Å². The molecule has 0 radical (unpaired) electrons. The van der Waals surface area contributed by atoms with Crippen molar-refractivity contribution in [2.75, 3.05) is 4.90 Å². The Labute approximate surface area is 226 Å². The summed E-state index contributed by atoms with van der Waals surface area (Å²) in [6.07, 6.45) is 0. The molecule has 0 fully saturated rings. The number of fused-ring (bicyclic) bond motifs is 1. The Morgan fingerprint density at radius 2 is 1.11 bits per heavy atom. The summed E-state index contributed by atoms with van der Waals surface area (Å²) in [7, 11) is 0.434. The first kappa shape index (κ1) is 25.8. The van der Waals surface area contributed by atoms with Crippen molar-refractivity contribution in [1.82, 2.24) is 0 Å². The van der Waals surface area contributed by atoms with Gasteiger partial charge in [0.25, 0.3) is 0 Å². The molecule has 5 aromatic carbocycles. The van der Waals surface area contributed by atoms with E-state index in [1.165, 1.54) is 21.9 Å². The number of benzene rings is 5. The minimum Gasteiger partial charge on any atom is -0.427 e. The molecule has 0 aliphatic carbocycles. The molecule has 0 saturated heterocycles. The normalized spacial score (nSPS) is 11.9. The van der Waals surface area contributed by atoms with Crippen molar-refractivity contribution in [3.05, 3.63) is 121 Å². The van der Waals surface area contributed by atoms with Crippen LogP contribution in [0.1, 0.15) is 27.7 Å². The summed E-state index contributed by atoms with van der Waals surface area (Å²) in [6.45, 7) is 7.39. The van der Waals surface area contributed by atoms with E-state index >= 15 is 0 Å². The number of rotatable bonds is 8. The van der Waals surface area contributed by atoms with Crippen molar-refractivity contribution < 1.29 is 9.76 Å². The zero-order chi connectivity index (χ0) is 26.8. The lowest BCUT2D eigenvalue weighted by atomic mass is 9.82. The van der Waals surface area contributed by atoms with Crippen LogP contribution >= 0.6 is 0 Å². The van der Waals surface area contributed by atoms with Gasteiger partial charge < -0.3 is 14.7 Å². The van der Waals surface area contributed by atoms with Gasteiger partial charge >= 0.3 is 7.48 Å². The second kappa shape index (κ2) is 10.5. The van der Waals surface area contributed by atoms with Gasteiger partial charge in [0.1, 0.15) is 0 Å². The highest BCUT2D eigenvalue weighted by atomic mass is 16.5. The zero-order valence-electron chi connectivity index (χ0n) is 22.6. The Kier molecular flexibility index (Phi) is 7.12. The SMILES string of the molecule is CC(C)(O)C(C)(C)OBc1ccc(N(c2ccccc2)c2ccc(-c3ccc4ccccc4c3)cc2)cc1.